The van der Waals surface area contributed by atoms with Gasteiger partial charge in [0, 0.05) is 32.4 Å². The molecule has 7 heteroatoms. The van der Waals surface area contributed by atoms with Crippen LogP contribution in [0.25, 0.3) is 0 Å². The molecular weight excluding hydrogens is 294 g/mol. The Kier molecular flexibility index (Phi) is 4.89. The Morgan fingerprint density at radius 1 is 1.39 bits per heavy atom. The Hall–Kier alpha value is -2.38. The number of benzene rings is 1. The first-order valence-electron chi connectivity index (χ1n) is 7.71. The zero-order chi connectivity index (χ0) is 16.1. The number of urea groups is 1. The molecule has 0 saturated heterocycles. The molecule has 2 aromatic rings. The molecule has 0 radical (unpaired) electrons. The van der Waals surface area contributed by atoms with Gasteiger partial charge in [-0.3, -0.25) is 10.00 Å². The minimum Gasteiger partial charge on any atom is -0.390 e. The summed E-state index contributed by atoms with van der Waals surface area (Å²) < 4.78 is 0. The summed E-state index contributed by atoms with van der Waals surface area (Å²) in [5, 5.41) is 21.8. The molecule has 2 heterocycles. The molecule has 1 atom stereocenters. The van der Waals surface area contributed by atoms with Gasteiger partial charge in [0.15, 0.2) is 0 Å². The van der Waals surface area contributed by atoms with Crippen LogP contribution in [0.2, 0.25) is 0 Å². The van der Waals surface area contributed by atoms with E-state index < -0.39 is 6.10 Å². The molecule has 1 aliphatic rings. The van der Waals surface area contributed by atoms with Crippen molar-refractivity contribution in [2.75, 3.05) is 25.0 Å². The number of aromatic amines is 1. The summed E-state index contributed by atoms with van der Waals surface area (Å²) in [4.78, 5) is 13.9. The molecule has 1 aliphatic heterocycles. The highest BCUT2D eigenvalue weighted by molar-refractivity contribution is 5.88. The second-order valence-corrected chi connectivity index (χ2v) is 5.73. The standard InChI is InChI=1S/C16H21N5O2/c22-15(9-17-16(23)20-14-7-18-19-8-14)11-21-6-5-12-3-1-2-4-13(12)10-21/h1-4,7-8,15,22H,5-6,9-11H2,(H,18,19)(H2,17,20,23)/t15-/m0/s1. The molecule has 0 saturated carbocycles. The second-order valence-electron chi connectivity index (χ2n) is 5.73. The molecule has 0 spiro atoms. The fraction of sp³-hybridized carbons (Fsp3) is 0.375. The fourth-order valence-electron chi connectivity index (χ4n) is 2.78. The maximum absolute atomic E-state index is 11.7. The third-order valence-electron chi connectivity index (χ3n) is 3.93. The lowest BCUT2D eigenvalue weighted by Gasteiger charge is -2.30. The van der Waals surface area contributed by atoms with Crippen LogP contribution in [0, 0.1) is 0 Å². The summed E-state index contributed by atoms with van der Waals surface area (Å²) in [6, 6.07) is 8.04. The number of anilines is 1. The van der Waals surface area contributed by atoms with Crippen molar-refractivity contribution in [1.29, 1.82) is 0 Å². The number of fused-ring (bicyclic) bond motifs is 1. The average Bonchev–Trinajstić information content (AvgIpc) is 3.06. The van der Waals surface area contributed by atoms with E-state index in [1.54, 1.807) is 6.20 Å². The van der Waals surface area contributed by atoms with E-state index in [2.05, 4.69) is 43.9 Å². The SMILES string of the molecule is O=C(NC[C@H](O)CN1CCc2ccccc2C1)Nc1cn[nH]c1. The van der Waals surface area contributed by atoms with Gasteiger partial charge in [-0.1, -0.05) is 24.3 Å². The Morgan fingerprint density at radius 2 is 2.22 bits per heavy atom. The molecular formula is C16H21N5O2. The highest BCUT2D eigenvalue weighted by Gasteiger charge is 2.18. The predicted molar refractivity (Wildman–Crippen MR) is 87.0 cm³/mol. The third kappa shape index (κ3) is 4.30. The van der Waals surface area contributed by atoms with E-state index >= 15 is 0 Å². The van der Waals surface area contributed by atoms with E-state index in [1.165, 1.54) is 17.3 Å². The van der Waals surface area contributed by atoms with Crippen LogP contribution in [0.3, 0.4) is 0 Å². The Balaban J connectivity index is 1.41. The van der Waals surface area contributed by atoms with Gasteiger partial charge in [0.1, 0.15) is 0 Å². The first-order valence-corrected chi connectivity index (χ1v) is 7.71. The molecule has 0 fully saturated rings. The molecule has 1 aromatic heterocycles. The van der Waals surface area contributed by atoms with Crippen LogP contribution in [-0.2, 0) is 13.0 Å². The van der Waals surface area contributed by atoms with Gasteiger partial charge in [-0.2, -0.15) is 5.10 Å². The largest absolute Gasteiger partial charge is 0.390 e. The zero-order valence-electron chi connectivity index (χ0n) is 12.8. The van der Waals surface area contributed by atoms with Crippen molar-refractivity contribution in [3.63, 3.8) is 0 Å². The van der Waals surface area contributed by atoms with Crippen LogP contribution in [-0.4, -0.2) is 52.0 Å². The molecule has 1 aromatic carbocycles. The summed E-state index contributed by atoms with van der Waals surface area (Å²) in [5.74, 6) is 0. The fourth-order valence-corrected chi connectivity index (χ4v) is 2.78. The average molecular weight is 315 g/mol. The van der Waals surface area contributed by atoms with Gasteiger partial charge in [0.2, 0.25) is 0 Å². The third-order valence-corrected chi connectivity index (χ3v) is 3.93. The summed E-state index contributed by atoms with van der Waals surface area (Å²) in [6.45, 7) is 2.52. The summed E-state index contributed by atoms with van der Waals surface area (Å²) in [6.07, 6.45) is 3.50. The summed E-state index contributed by atoms with van der Waals surface area (Å²) in [7, 11) is 0. The van der Waals surface area contributed by atoms with E-state index in [9.17, 15) is 9.90 Å². The van der Waals surface area contributed by atoms with E-state index in [0.29, 0.717) is 12.2 Å². The van der Waals surface area contributed by atoms with Gasteiger partial charge in [0.05, 0.1) is 18.0 Å². The number of aliphatic hydroxyl groups excluding tert-OH is 1. The minimum absolute atomic E-state index is 0.210. The van der Waals surface area contributed by atoms with Crippen molar-refractivity contribution in [1.82, 2.24) is 20.4 Å². The van der Waals surface area contributed by atoms with Crippen molar-refractivity contribution >= 4 is 11.7 Å². The van der Waals surface area contributed by atoms with E-state index in [1.807, 2.05) is 6.07 Å². The number of amides is 2. The Morgan fingerprint density at radius 3 is 3.00 bits per heavy atom. The number of hydrogen-bond acceptors (Lipinski definition) is 4. The number of H-pyrrole nitrogens is 1. The number of β-amino-alcohol motifs (C(OH)–C–C–N with tert-alkyl or cyclic N) is 1. The highest BCUT2D eigenvalue weighted by Crippen LogP contribution is 2.18. The van der Waals surface area contributed by atoms with Gasteiger partial charge >= 0.3 is 6.03 Å². The van der Waals surface area contributed by atoms with Crippen LogP contribution >= 0.6 is 0 Å². The first-order chi connectivity index (χ1) is 11.2. The molecule has 3 rings (SSSR count). The topological polar surface area (TPSA) is 93.3 Å². The zero-order valence-corrected chi connectivity index (χ0v) is 12.8. The number of carbonyl (C=O) groups is 1. The number of carbonyl (C=O) groups excluding carboxylic acids is 1. The minimum atomic E-state index is -0.602. The number of nitrogens with one attached hydrogen (secondary N) is 3. The van der Waals surface area contributed by atoms with Crippen molar-refractivity contribution in [3.05, 3.63) is 47.8 Å². The van der Waals surface area contributed by atoms with Crippen LogP contribution in [0.15, 0.2) is 36.7 Å². The van der Waals surface area contributed by atoms with Crippen molar-refractivity contribution < 1.29 is 9.90 Å². The van der Waals surface area contributed by atoms with E-state index in [0.717, 1.165) is 19.5 Å². The summed E-state index contributed by atoms with van der Waals surface area (Å²) >= 11 is 0. The first kappa shape index (κ1) is 15.5. The van der Waals surface area contributed by atoms with Crippen molar-refractivity contribution in [3.8, 4) is 0 Å². The molecule has 0 aliphatic carbocycles. The van der Waals surface area contributed by atoms with Gasteiger partial charge < -0.3 is 15.7 Å². The van der Waals surface area contributed by atoms with Gasteiger partial charge in [-0.25, -0.2) is 4.79 Å². The van der Waals surface area contributed by atoms with Crippen LogP contribution < -0.4 is 10.6 Å². The molecule has 2 amide bonds. The number of nitrogens with zero attached hydrogens (tertiary/aromatic N) is 2. The van der Waals surface area contributed by atoms with Crippen LogP contribution in [0.1, 0.15) is 11.1 Å². The smallest absolute Gasteiger partial charge is 0.319 e. The number of aliphatic hydroxyl groups is 1. The monoisotopic (exact) mass is 315 g/mol. The van der Waals surface area contributed by atoms with E-state index in [4.69, 9.17) is 0 Å². The van der Waals surface area contributed by atoms with Crippen molar-refractivity contribution in [2.45, 2.75) is 19.1 Å². The number of hydrogen-bond donors (Lipinski definition) is 4. The normalized spacial score (nSPS) is 15.7. The molecule has 122 valence electrons. The summed E-state index contributed by atoms with van der Waals surface area (Å²) in [5.41, 5.74) is 3.29. The molecule has 0 unspecified atom stereocenters. The lowest BCUT2D eigenvalue weighted by atomic mass is 10.00. The van der Waals surface area contributed by atoms with Gasteiger partial charge in [-0.05, 0) is 17.5 Å². The van der Waals surface area contributed by atoms with Gasteiger partial charge in [-0.15, -0.1) is 0 Å². The van der Waals surface area contributed by atoms with Crippen LogP contribution in [0.5, 0.6) is 0 Å². The highest BCUT2D eigenvalue weighted by atomic mass is 16.3. The predicted octanol–water partition coefficient (Wildman–Crippen LogP) is 0.950. The van der Waals surface area contributed by atoms with Gasteiger partial charge in [0.25, 0.3) is 0 Å². The van der Waals surface area contributed by atoms with Crippen molar-refractivity contribution in [2.24, 2.45) is 0 Å². The maximum Gasteiger partial charge on any atom is 0.319 e. The Bertz CT molecular complexity index is 644. The van der Waals surface area contributed by atoms with Crippen LogP contribution in [0.4, 0.5) is 10.5 Å². The molecule has 7 nitrogen and oxygen atoms in total. The second kappa shape index (κ2) is 7.26. The molecule has 23 heavy (non-hydrogen) atoms. The number of rotatable bonds is 5. The Labute approximate surface area is 134 Å². The quantitative estimate of drug-likeness (QED) is 0.661. The lowest BCUT2D eigenvalue weighted by Crippen LogP contribution is -2.42. The molecule has 0 bridgehead atoms. The lowest BCUT2D eigenvalue weighted by molar-refractivity contribution is 0.106. The van der Waals surface area contributed by atoms with E-state index in [-0.39, 0.29) is 12.6 Å². The molecule has 4 N–H and O–H groups in total. The number of aromatic nitrogens is 2. The maximum atomic E-state index is 11.7.